The molecule has 6 heteroatoms. The smallest absolute Gasteiger partial charge is 0.330 e. The molecule has 0 spiro atoms. The summed E-state index contributed by atoms with van der Waals surface area (Å²) in [4.78, 5) is 11.0. The van der Waals surface area contributed by atoms with Crippen LogP contribution < -0.4 is 0 Å². The molecule has 0 aromatic rings. The van der Waals surface area contributed by atoms with Crippen molar-refractivity contribution in [2.24, 2.45) is 0 Å². The minimum atomic E-state index is -0.446. The Balaban J connectivity index is 3.71. The van der Waals surface area contributed by atoms with E-state index in [0.29, 0.717) is 26.4 Å². The van der Waals surface area contributed by atoms with Gasteiger partial charge in [0.1, 0.15) is 6.10 Å². The predicted molar refractivity (Wildman–Crippen MR) is 93.1 cm³/mol. The molecule has 0 fully saturated rings. The Hall–Kier alpha value is -0.950. The summed E-state index contributed by atoms with van der Waals surface area (Å²) in [5.41, 5.74) is 0. The second-order valence-corrected chi connectivity index (χ2v) is 5.96. The summed E-state index contributed by atoms with van der Waals surface area (Å²) in [6, 6.07) is 0. The van der Waals surface area contributed by atoms with E-state index >= 15 is 0 Å². The van der Waals surface area contributed by atoms with Gasteiger partial charge in [-0.05, 0) is 34.1 Å². The Labute approximate surface area is 146 Å². The summed E-state index contributed by atoms with van der Waals surface area (Å²) in [6.07, 6.45) is 1.76. The van der Waals surface area contributed by atoms with Crippen LogP contribution >= 0.6 is 0 Å². The molecule has 6 nitrogen and oxygen atoms in total. The van der Waals surface area contributed by atoms with Gasteiger partial charge in [0.05, 0.1) is 44.7 Å². The fourth-order valence-electron chi connectivity index (χ4n) is 1.72. The third-order valence-electron chi connectivity index (χ3n) is 3.03. The molecule has 0 saturated carbocycles. The van der Waals surface area contributed by atoms with Crippen LogP contribution in [0.3, 0.4) is 0 Å². The normalized spacial score (nSPS) is 16.2. The fraction of sp³-hybridized carbons (Fsp3) is 0.833. The zero-order valence-corrected chi connectivity index (χ0v) is 15.8. The molecule has 24 heavy (non-hydrogen) atoms. The molecular weight excluding hydrogens is 312 g/mol. The van der Waals surface area contributed by atoms with Gasteiger partial charge in [-0.1, -0.05) is 13.5 Å². The van der Waals surface area contributed by atoms with Gasteiger partial charge in [-0.3, -0.25) is 0 Å². The second-order valence-electron chi connectivity index (χ2n) is 5.96. The molecule has 0 aromatic carbocycles. The molecule has 0 bridgehead atoms. The number of carbonyl (C=O) groups is 1. The van der Waals surface area contributed by atoms with Crippen molar-refractivity contribution in [3.63, 3.8) is 0 Å². The van der Waals surface area contributed by atoms with E-state index in [1.165, 1.54) is 0 Å². The van der Waals surface area contributed by atoms with Crippen molar-refractivity contribution < 1.29 is 28.5 Å². The van der Waals surface area contributed by atoms with Gasteiger partial charge in [-0.25, -0.2) is 4.79 Å². The van der Waals surface area contributed by atoms with E-state index in [1.807, 2.05) is 20.8 Å². The Morgan fingerprint density at radius 2 is 1.33 bits per heavy atom. The Kier molecular flexibility index (Phi) is 13.8. The van der Waals surface area contributed by atoms with Crippen LogP contribution in [0.25, 0.3) is 0 Å². The third-order valence-corrected chi connectivity index (χ3v) is 3.03. The molecule has 0 aliphatic heterocycles. The molecule has 0 amide bonds. The van der Waals surface area contributed by atoms with Gasteiger partial charge in [0, 0.05) is 12.7 Å². The zero-order valence-electron chi connectivity index (χ0n) is 15.8. The van der Waals surface area contributed by atoms with Crippen molar-refractivity contribution in [2.75, 3.05) is 33.0 Å². The summed E-state index contributed by atoms with van der Waals surface area (Å²) in [7, 11) is 0. The van der Waals surface area contributed by atoms with Crippen molar-refractivity contribution in [3.05, 3.63) is 12.7 Å². The standard InChI is InChI=1S/C18H34O6/c1-7-9-20-10-14(3)21-11-15(4)22-12-16(5)23-13-17(6)24-18(19)8-2/h8,14-17H,2,7,9-13H2,1,3-6H3. The van der Waals surface area contributed by atoms with E-state index in [0.717, 1.165) is 19.1 Å². The highest BCUT2D eigenvalue weighted by molar-refractivity contribution is 5.81. The minimum absolute atomic E-state index is 0.0271. The van der Waals surface area contributed by atoms with Crippen molar-refractivity contribution in [1.82, 2.24) is 0 Å². The van der Waals surface area contributed by atoms with Gasteiger partial charge in [-0.2, -0.15) is 0 Å². The second kappa shape index (κ2) is 14.4. The zero-order chi connectivity index (χ0) is 18.4. The largest absolute Gasteiger partial charge is 0.457 e. The van der Waals surface area contributed by atoms with Crippen LogP contribution in [0.1, 0.15) is 41.0 Å². The van der Waals surface area contributed by atoms with Crippen molar-refractivity contribution in [2.45, 2.75) is 65.5 Å². The maximum atomic E-state index is 11.0. The van der Waals surface area contributed by atoms with Crippen molar-refractivity contribution >= 4 is 5.97 Å². The predicted octanol–water partition coefficient (Wildman–Crippen LogP) is 2.75. The number of carbonyl (C=O) groups excluding carboxylic acids is 1. The van der Waals surface area contributed by atoms with E-state index < -0.39 is 5.97 Å². The lowest BCUT2D eigenvalue weighted by Gasteiger charge is -2.21. The van der Waals surface area contributed by atoms with Gasteiger partial charge >= 0.3 is 5.97 Å². The monoisotopic (exact) mass is 346 g/mol. The Bertz CT molecular complexity index is 333. The number of hydrogen-bond donors (Lipinski definition) is 0. The molecule has 0 aromatic heterocycles. The van der Waals surface area contributed by atoms with Crippen LogP contribution in [0.15, 0.2) is 12.7 Å². The van der Waals surface area contributed by atoms with Crippen LogP contribution in [-0.2, 0) is 28.5 Å². The lowest BCUT2D eigenvalue weighted by atomic mass is 10.3. The molecule has 4 atom stereocenters. The van der Waals surface area contributed by atoms with Crippen LogP contribution in [0.2, 0.25) is 0 Å². The molecule has 142 valence electrons. The first-order valence-corrected chi connectivity index (χ1v) is 8.64. The SMILES string of the molecule is C=CC(=O)OC(C)COC(C)COC(C)COC(C)COCCC. The Morgan fingerprint density at radius 1 is 0.875 bits per heavy atom. The highest BCUT2D eigenvalue weighted by atomic mass is 16.6. The number of esters is 1. The maximum absolute atomic E-state index is 11.0. The Morgan fingerprint density at radius 3 is 1.79 bits per heavy atom. The highest BCUT2D eigenvalue weighted by Gasteiger charge is 2.12. The molecule has 4 unspecified atom stereocenters. The molecule has 0 N–H and O–H groups in total. The maximum Gasteiger partial charge on any atom is 0.330 e. The highest BCUT2D eigenvalue weighted by Crippen LogP contribution is 2.02. The average Bonchev–Trinajstić information content (AvgIpc) is 2.56. The lowest BCUT2D eigenvalue weighted by molar-refractivity contribution is -0.147. The van der Waals surface area contributed by atoms with E-state index in [-0.39, 0.29) is 24.4 Å². The number of ether oxygens (including phenoxy) is 5. The third kappa shape index (κ3) is 13.5. The molecule has 0 aliphatic carbocycles. The molecule has 0 aliphatic rings. The number of rotatable bonds is 15. The van der Waals surface area contributed by atoms with E-state index in [1.54, 1.807) is 6.92 Å². The fourth-order valence-corrected chi connectivity index (χ4v) is 1.72. The summed E-state index contributed by atoms with van der Waals surface area (Å²) in [5.74, 6) is -0.446. The quantitative estimate of drug-likeness (QED) is 0.258. The lowest BCUT2D eigenvalue weighted by Crippen LogP contribution is -2.28. The van der Waals surface area contributed by atoms with Crippen molar-refractivity contribution in [3.8, 4) is 0 Å². The first-order chi connectivity index (χ1) is 11.4. The van der Waals surface area contributed by atoms with Gasteiger partial charge in [-0.15, -0.1) is 0 Å². The molecule has 0 saturated heterocycles. The van der Waals surface area contributed by atoms with Crippen LogP contribution in [0.5, 0.6) is 0 Å². The molecular formula is C18H34O6. The van der Waals surface area contributed by atoms with E-state index in [2.05, 4.69) is 13.5 Å². The number of hydrogen-bond acceptors (Lipinski definition) is 6. The first kappa shape index (κ1) is 23.1. The van der Waals surface area contributed by atoms with E-state index in [4.69, 9.17) is 23.7 Å². The van der Waals surface area contributed by atoms with Crippen LogP contribution in [-0.4, -0.2) is 63.4 Å². The van der Waals surface area contributed by atoms with Gasteiger partial charge < -0.3 is 23.7 Å². The summed E-state index contributed by atoms with van der Waals surface area (Å²) in [6.45, 7) is 15.7. The summed E-state index contributed by atoms with van der Waals surface area (Å²) >= 11 is 0. The molecule has 0 radical (unpaired) electrons. The molecule has 0 rings (SSSR count). The first-order valence-electron chi connectivity index (χ1n) is 8.64. The van der Waals surface area contributed by atoms with Crippen LogP contribution in [0, 0.1) is 0 Å². The van der Waals surface area contributed by atoms with Gasteiger partial charge in [0.15, 0.2) is 0 Å². The summed E-state index contributed by atoms with van der Waals surface area (Å²) in [5, 5.41) is 0. The minimum Gasteiger partial charge on any atom is -0.457 e. The summed E-state index contributed by atoms with van der Waals surface area (Å²) < 4.78 is 27.4. The average molecular weight is 346 g/mol. The molecule has 0 heterocycles. The topological polar surface area (TPSA) is 63.2 Å². The van der Waals surface area contributed by atoms with Gasteiger partial charge in [0.25, 0.3) is 0 Å². The van der Waals surface area contributed by atoms with Crippen molar-refractivity contribution in [1.29, 1.82) is 0 Å². The van der Waals surface area contributed by atoms with Crippen LogP contribution in [0.4, 0.5) is 0 Å². The van der Waals surface area contributed by atoms with Gasteiger partial charge in [0.2, 0.25) is 0 Å². The van der Waals surface area contributed by atoms with E-state index in [9.17, 15) is 4.79 Å².